The number of amides is 2. The predicted molar refractivity (Wildman–Crippen MR) is 86.0 cm³/mol. The molecular formula is C18H17FN2O2. The van der Waals surface area contributed by atoms with Gasteiger partial charge in [-0.15, -0.1) is 0 Å². The fourth-order valence-electron chi connectivity index (χ4n) is 2.73. The third-order valence-electron chi connectivity index (χ3n) is 4.01. The fraction of sp³-hybridized carbons (Fsp3) is 0.222. The van der Waals surface area contributed by atoms with Gasteiger partial charge in [-0.05, 0) is 41.8 Å². The van der Waals surface area contributed by atoms with Gasteiger partial charge in [-0.1, -0.05) is 18.2 Å². The van der Waals surface area contributed by atoms with E-state index in [0.29, 0.717) is 24.9 Å². The Bertz CT molecular complexity index is 773. The van der Waals surface area contributed by atoms with E-state index in [4.69, 9.17) is 0 Å². The molecule has 2 amide bonds. The summed E-state index contributed by atoms with van der Waals surface area (Å²) in [5.74, 6) is -0.623. The molecule has 0 radical (unpaired) electrons. The zero-order valence-corrected chi connectivity index (χ0v) is 12.8. The number of likely N-dealkylation sites (N-methyl/N-ethyl adjacent to an activating group) is 1. The standard InChI is InChI=1S/C18H17FN2O2/c1-21-16-6-5-12(9-14(16)11-17(21)22)7-8-20-18(23)13-3-2-4-15(19)10-13/h2-6,9-10H,7-8,11H2,1H3,(H,20,23). The maximum absolute atomic E-state index is 13.1. The lowest BCUT2D eigenvalue weighted by molar-refractivity contribution is -0.117. The molecule has 0 aliphatic carbocycles. The Labute approximate surface area is 133 Å². The molecular weight excluding hydrogens is 295 g/mol. The highest BCUT2D eigenvalue weighted by atomic mass is 19.1. The van der Waals surface area contributed by atoms with Crippen molar-refractivity contribution >= 4 is 17.5 Å². The van der Waals surface area contributed by atoms with Crippen molar-refractivity contribution in [1.82, 2.24) is 5.32 Å². The number of anilines is 1. The van der Waals surface area contributed by atoms with Crippen LogP contribution in [0.4, 0.5) is 10.1 Å². The van der Waals surface area contributed by atoms with E-state index in [9.17, 15) is 14.0 Å². The van der Waals surface area contributed by atoms with E-state index in [0.717, 1.165) is 16.8 Å². The number of carbonyl (C=O) groups excluding carboxylic acids is 2. The highest BCUT2D eigenvalue weighted by Gasteiger charge is 2.23. The smallest absolute Gasteiger partial charge is 0.251 e. The Morgan fingerprint density at radius 3 is 2.87 bits per heavy atom. The molecule has 1 aliphatic rings. The van der Waals surface area contributed by atoms with Crippen LogP contribution in [-0.2, 0) is 17.6 Å². The molecule has 5 heteroatoms. The Kier molecular flexibility index (Phi) is 4.10. The zero-order chi connectivity index (χ0) is 16.4. The molecule has 118 valence electrons. The van der Waals surface area contributed by atoms with Gasteiger partial charge in [-0.3, -0.25) is 9.59 Å². The Balaban J connectivity index is 1.58. The van der Waals surface area contributed by atoms with Gasteiger partial charge in [-0.2, -0.15) is 0 Å². The van der Waals surface area contributed by atoms with Crippen molar-refractivity contribution in [2.45, 2.75) is 12.8 Å². The first kappa shape index (κ1) is 15.2. The average Bonchev–Trinajstić information content (AvgIpc) is 2.81. The lowest BCUT2D eigenvalue weighted by Gasteiger charge is -2.11. The molecule has 0 fully saturated rings. The van der Waals surface area contributed by atoms with E-state index >= 15 is 0 Å². The molecule has 3 rings (SSSR count). The number of nitrogens with one attached hydrogen (secondary N) is 1. The molecule has 2 aromatic rings. The molecule has 23 heavy (non-hydrogen) atoms. The summed E-state index contributed by atoms with van der Waals surface area (Å²) in [4.78, 5) is 25.3. The molecule has 1 heterocycles. The molecule has 4 nitrogen and oxygen atoms in total. The number of carbonyl (C=O) groups is 2. The SMILES string of the molecule is CN1C(=O)Cc2cc(CCNC(=O)c3cccc(F)c3)ccc21. The van der Waals surface area contributed by atoms with E-state index in [1.54, 1.807) is 18.0 Å². The van der Waals surface area contributed by atoms with Crippen molar-refractivity contribution in [3.8, 4) is 0 Å². The minimum absolute atomic E-state index is 0.0940. The monoisotopic (exact) mass is 312 g/mol. The predicted octanol–water partition coefficient (Wildman–Crippen LogP) is 2.32. The number of benzene rings is 2. The van der Waals surface area contributed by atoms with Crippen LogP contribution in [0.2, 0.25) is 0 Å². The van der Waals surface area contributed by atoms with Crippen molar-refractivity contribution in [2.75, 3.05) is 18.5 Å². The van der Waals surface area contributed by atoms with Gasteiger partial charge >= 0.3 is 0 Å². The summed E-state index contributed by atoms with van der Waals surface area (Å²) >= 11 is 0. The maximum Gasteiger partial charge on any atom is 0.251 e. The lowest BCUT2D eigenvalue weighted by Crippen LogP contribution is -2.25. The summed E-state index contributed by atoms with van der Waals surface area (Å²) in [6.45, 7) is 0.456. The van der Waals surface area contributed by atoms with E-state index in [1.165, 1.54) is 18.2 Å². The first-order chi connectivity index (χ1) is 11.0. The number of hydrogen-bond acceptors (Lipinski definition) is 2. The lowest BCUT2D eigenvalue weighted by atomic mass is 10.1. The molecule has 0 unspecified atom stereocenters. The van der Waals surface area contributed by atoms with Crippen molar-refractivity contribution in [2.24, 2.45) is 0 Å². The molecule has 0 bridgehead atoms. The summed E-state index contributed by atoms with van der Waals surface area (Å²) in [6.07, 6.45) is 1.08. The minimum Gasteiger partial charge on any atom is -0.352 e. The van der Waals surface area contributed by atoms with Crippen molar-refractivity contribution in [1.29, 1.82) is 0 Å². The molecule has 0 aromatic heterocycles. The number of fused-ring (bicyclic) bond motifs is 1. The second-order valence-electron chi connectivity index (χ2n) is 5.61. The summed E-state index contributed by atoms with van der Waals surface area (Å²) < 4.78 is 13.1. The molecule has 1 aliphatic heterocycles. The average molecular weight is 312 g/mol. The first-order valence-corrected chi connectivity index (χ1v) is 7.47. The minimum atomic E-state index is -0.426. The van der Waals surface area contributed by atoms with E-state index in [-0.39, 0.29) is 11.8 Å². The van der Waals surface area contributed by atoms with Gasteiger partial charge in [0.15, 0.2) is 0 Å². The Morgan fingerprint density at radius 1 is 1.26 bits per heavy atom. The van der Waals surface area contributed by atoms with Crippen LogP contribution in [0.15, 0.2) is 42.5 Å². The van der Waals surface area contributed by atoms with Crippen molar-refractivity contribution < 1.29 is 14.0 Å². The molecule has 0 saturated heterocycles. The van der Waals surface area contributed by atoms with Gasteiger partial charge in [0.05, 0.1) is 6.42 Å². The van der Waals surface area contributed by atoms with Crippen LogP contribution >= 0.6 is 0 Å². The first-order valence-electron chi connectivity index (χ1n) is 7.47. The summed E-state index contributed by atoms with van der Waals surface area (Å²) in [5.41, 5.74) is 3.34. The summed E-state index contributed by atoms with van der Waals surface area (Å²) in [5, 5.41) is 2.78. The van der Waals surface area contributed by atoms with Crippen LogP contribution in [0, 0.1) is 5.82 Å². The quantitative estimate of drug-likeness (QED) is 0.942. The highest BCUT2D eigenvalue weighted by Crippen LogP contribution is 2.28. The second kappa shape index (κ2) is 6.20. The summed E-state index contributed by atoms with van der Waals surface area (Å²) in [7, 11) is 1.77. The second-order valence-corrected chi connectivity index (χ2v) is 5.61. The van der Waals surface area contributed by atoms with Gasteiger partial charge in [0.2, 0.25) is 5.91 Å². The largest absolute Gasteiger partial charge is 0.352 e. The van der Waals surface area contributed by atoms with Gasteiger partial charge in [0, 0.05) is 24.8 Å². The van der Waals surface area contributed by atoms with E-state index in [2.05, 4.69) is 5.32 Å². The number of rotatable bonds is 4. The third-order valence-corrected chi connectivity index (χ3v) is 4.01. The molecule has 2 aromatic carbocycles. The molecule has 0 spiro atoms. The van der Waals surface area contributed by atoms with Crippen LogP contribution in [0.25, 0.3) is 0 Å². The molecule has 0 saturated carbocycles. The van der Waals surface area contributed by atoms with Gasteiger partial charge < -0.3 is 10.2 Å². The topological polar surface area (TPSA) is 49.4 Å². The van der Waals surface area contributed by atoms with E-state index in [1.807, 2.05) is 18.2 Å². The fourth-order valence-corrected chi connectivity index (χ4v) is 2.73. The highest BCUT2D eigenvalue weighted by molar-refractivity contribution is 6.00. The number of hydrogen-bond donors (Lipinski definition) is 1. The Morgan fingerprint density at radius 2 is 2.09 bits per heavy atom. The van der Waals surface area contributed by atoms with Gasteiger partial charge in [0.1, 0.15) is 5.82 Å². The van der Waals surface area contributed by atoms with Crippen LogP contribution in [-0.4, -0.2) is 25.4 Å². The van der Waals surface area contributed by atoms with Crippen LogP contribution in [0.3, 0.4) is 0 Å². The van der Waals surface area contributed by atoms with Gasteiger partial charge in [0.25, 0.3) is 5.91 Å². The number of halogens is 1. The number of nitrogens with zero attached hydrogens (tertiary/aromatic N) is 1. The van der Waals surface area contributed by atoms with Crippen molar-refractivity contribution in [3.63, 3.8) is 0 Å². The molecule has 0 atom stereocenters. The van der Waals surface area contributed by atoms with Crippen LogP contribution < -0.4 is 10.2 Å². The summed E-state index contributed by atoms with van der Waals surface area (Å²) in [6, 6.07) is 11.5. The zero-order valence-electron chi connectivity index (χ0n) is 12.8. The normalized spacial score (nSPS) is 13.1. The Hall–Kier alpha value is -2.69. The molecule has 1 N–H and O–H groups in total. The van der Waals surface area contributed by atoms with Gasteiger partial charge in [-0.25, -0.2) is 4.39 Å². The third kappa shape index (κ3) is 3.23. The van der Waals surface area contributed by atoms with Crippen LogP contribution in [0.1, 0.15) is 21.5 Å². The maximum atomic E-state index is 13.1. The van der Waals surface area contributed by atoms with Crippen LogP contribution in [0.5, 0.6) is 0 Å². The van der Waals surface area contributed by atoms with Crippen molar-refractivity contribution in [3.05, 3.63) is 65.0 Å². The van der Waals surface area contributed by atoms with E-state index < -0.39 is 5.82 Å².